The third-order valence-electron chi connectivity index (χ3n) is 4.16. The summed E-state index contributed by atoms with van der Waals surface area (Å²) < 4.78 is 5.55. The van der Waals surface area contributed by atoms with Crippen molar-refractivity contribution < 1.29 is 24.5 Å². The van der Waals surface area contributed by atoms with Crippen molar-refractivity contribution in [3.05, 3.63) is 29.8 Å². The fraction of sp³-hybridized carbons (Fsp3) is 0.526. The second-order valence-electron chi connectivity index (χ2n) is 6.84. The van der Waals surface area contributed by atoms with Gasteiger partial charge in [-0.1, -0.05) is 13.8 Å². The van der Waals surface area contributed by atoms with E-state index in [1.165, 1.54) is 4.90 Å². The van der Waals surface area contributed by atoms with Gasteiger partial charge < -0.3 is 25.2 Å². The molecule has 0 saturated carbocycles. The van der Waals surface area contributed by atoms with E-state index in [-0.39, 0.29) is 44.6 Å². The van der Waals surface area contributed by atoms with Crippen molar-refractivity contribution in [3.8, 4) is 11.8 Å². The van der Waals surface area contributed by atoms with Gasteiger partial charge in [0.15, 0.2) is 0 Å². The molecule has 0 bridgehead atoms. The number of nitrogens with zero attached hydrogens (tertiary/aromatic N) is 2. The fourth-order valence-electron chi connectivity index (χ4n) is 2.20. The quantitative estimate of drug-likeness (QED) is 0.456. The Morgan fingerprint density at radius 2 is 1.96 bits per heavy atom. The van der Waals surface area contributed by atoms with Gasteiger partial charge in [0.2, 0.25) is 11.8 Å². The SMILES string of the molecule is CC(C)(CO)[C@@H](O)C(=O)NCCN(CCOc1ccc(C#N)cc1)C(=O)CCl. The number of aliphatic hydroxyl groups excluding tert-OH is 2. The van der Waals surface area contributed by atoms with Gasteiger partial charge in [0.05, 0.1) is 24.8 Å². The standard InChI is InChI=1S/C19H26ClN3O5/c1-19(2,13-24)17(26)18(27)22-7-8-23(16(25)11-20)9-10-28-15-5-3-14(12-21)4-6-15/h3-6,17,24,26H,7-11,13H2,1-2H3,(H,22,27)/t17-/m0/s1. The highest BCUT2D eigenvalue weighted by atomic mass is 35.5. The number of amides is 2. The Balaban J connectivity index is 2.49. The average molecular weight is 412 g/mol. The predicted octanol–water partition coefficient (Wildman–Crippen LogP) is 0.500. The largest absolute Gasteiger partial charge is 0.492 e. The zero-order valence-electron chi connectivity index (χ0n) is 16.0. The monoisotopic (exact) mass is 411 g/mol. The number of halogens is 1. The molecule has 3 N–H and O–H groups in total. The summed E-state index contributed by atoms with van der Waals surface area (Å²) in [7, 11) is 0. The first kappa shape index (κ1) is 23.7. The number of nitriles is 1. The number of benzene rings is 1. The minimum atomic E-state index is -1.37. The van der Waals surface area contributed by atoms with Gasteiger partial charge in [0.1, 0.15) is 24.3 Å². The summed E-state index contributed by atoms with van der Waals surface area (Å²) in [5, 5.41) is 30.5. The van der Waals surface area contributed by atoms with Crippen LogP contribution in [-0.4, -0.2) is 71.8 Å². The minimum absolute atomic E-state index is 0.122. The number of alkyl halides is 1. The molecule has 0 aliphatic heterocycles. The van der Waals surface area contributed by atoms with E-state index in [9.17, 15) is 19.8 Å². The first-order chi connectivity index (χ1) is 13.2. The van der Waals surface area contributed by atoms with Crippen LogP contribution in [-0.2, 0) is 9.59 Å². The molecule has 0 aliphatic rings. The molecule has 9 heteroatoms. The molecule has 1 aromatic carbocycles. The van der Waals surface area contributed by atoms with Crippen LogP contribution < -0.4 is 10.1 Å². The van der Waals surface area contributed by atoms with E-state index >= 15 is 0 Å². The lowest BCUT2D eigenvalue weighted by Crippen LogP contribution is -2.48. The summed E-state index contributed by atoms with van der Waals surface area (Å²) in [6.45, 7) is 3.58. The third kappa shape index (κ3) is 7.35. The van der Waals surface area contributed by atoms with E-state index in [0.717, 1.165) is 0 Å². The molecule has 28 heavy (non-hydrogen) atoms. The maximum Gasteiger partial charge on any atom is 0.249 e. The summed E-state index contributed by atoms with van der Waals surface area (Å²) >= 11 is 5.63. The number of hydrogen-bond acceptors (Lipinski definition) is 6. The summed E-state index contributed by atoms with van der Waals surface area (Å²) in [6.07, 6.45) is -1.37. The van der Waals surface area contributed by atoms with Crippen LogP contribution >= 0.6 is 11.6 Å². The molecule has 0 aromatic heterocycles. The number of hydrogen-bond donors (Lipinski definition) is 3. The average Bonchev–Trinajstić information content (AvgIpc) is 2.71. The molecular weight excluding hydrogens is 386 g/mol. The van der Waals surface area contributed by atoms with E-state index in [4.69, 9.17) is 21.6 Å². The molecule has 8 nitrogen and oxygen atoms in total. The lowest BCUT2D eigenvalue weighted by atomic mass is 9.87. The maximum absolute atomic E-state index is 12.0. The van der Waals surface area contributed by atoms with E-state index in [0.29, 0.717) is 11.3 Å². The van der Waals surface area contributed by atoms with Crippen LogP contribution in [0.4, 0.5) is 0 Å². The normalized spacial score (nSPS) is 12.0. The summed E-state index contributed by atoms with van der Waals surface area (Å²) in [6, 6.07) is 8.60. The molecule has 0 spiro atoms. The van der Waals surface area contributed by atoms with Crippen molar-refractivity contribution in [1.82, 2.24) is 10.2 Å². The number of rotatable bonds is 11. The van der Waals surface area contributed by atoms with Gasteiger partial charge in [0, 0.05) is 18.5 Å². The molecule has 1 atom stereocenters. The van der Waals surface area contributed by atoms with Crippen molar-refractivity contribution in [2.24, 2.45) is 5.41 Å². The Hall–Kier alpha value is -2.34. The van der Waals surface area contributed by atoms with Crippen molar-refractivity contribution in [2.75, 3.05) is 38.7 Å². The number of carbonyl (C=O) groups is 2. The van der Waals surface area contributed by atoms with Crippen LogP contribution in [0, 0.1) is 16.7 Å². The molecule has 0 fully saturated rings. The highest BCUT2D eigenvalue weighted by molar-refractivity contribution is 6.27. The molecule has 1 aromatic rings. The molecule has 0 heterocycles. The summed E-state index contributed by atoms with van der Waals surface area (Å²) in [4.78, 5) is 25.4. The van der Waals surface area contributed by atoms with Gasteiger partial charge in [-0.25, -0.2) is 0 Å². The van der Waals surface area contributed by atoms with Crippen molar-refractivity contribution in [2.45, 2.75) is 20.0 Å². The predicted molar refractivity (Wildman–Crippen MR) is 104 cm³/mol. The highest BCUT2D eigenvalue weighted by Gasteiger charge is 2.32. The van der Waals surface area contributed by atoms with Crippen molar-refractivity contribution >= 4 is 23.4 Å². The van der Waals surface area contributed by atoms with Crippen LogP contribution in [0.2, 0.25) is 0 Å². The Morgan fingerprint density at radius 1 is 1.32 bits per heavy atom. The van der Waals surface area contributed by atoms with E-state index in [1.807, 2.05) is 6.07 Å². The van der Waals surface area contributed by atoms with Crippen LogP contribution in [0.25, 0.3) is 0 Å². The Labute approximate surface area is 169 Å². The van der Waals surface area contributed by atoms with Gasteiger partial charge >= 0.3 is 0 Å². The van der Waals surface area contributed by atoms with Crippen molar-refractivity contribution in [1.29, 1.82) is 5.26 Å². The van der Waals surface area contributed by atoms with Gasteiger partial charge in [-0.2, -0.15) is 5.26 Å². The molecule has 0 unspecified atom stereocenters. The molecule has 2 amide bonds. The second-order valence-corrected chi connectivity index (χ2v) is 7.11. The Bertz CT molecular complexity index is 688. The molecule has 154 valence electrons. The topological polar surface area (TPSA) is 123 Å². The van der Waals surface area contributed by atoms with Crippen LogP contribution in [0.1, 0.15) is 19.4 Å². The zero-order chi connectivity index (χ0) is 21.2. The first-order valence-electron chi connectivity index (χ1n) is 8.78. The lowest BCUT2D eigenvalue weighted by molar-refractivity contribution is -0.137. The molecule has 0 aliphatic carbocycles. The van der Waals surface area contributed by atoms with Gasteiger partial charge in [-0.3, -0.25) is 9.59 Å². The number of aliphatic hydroxyl groups is 2. The van der Waals surface area contributed by atoms with Gasteiger partial charge in [-0.05, 0) is 24.3 Å². The van der Waals surface area contributed by atoms with Crippen LogP contribution in [0.3, 0.4) is 0 Å². The van der Waals surface area contributed by atoms with E-state index in [1.54, 1.807) is 38.1 Å². The van der Waals surface area contributed by atoms with Crippen molar-refractivity contribution in [3.63, 3.8) is 0 Å². The minimum Gasteiger partial charge on any atom is -0.492 e. The van der Waals surface area contributed by atoms with Crippen LogP contribution in [0.5, 0.6) is 5.75 Å². The Kier molecular flexibility index (Phi) is 9.73. The number of ether oxygens (including phenoxy) is 1. The second kappa shape index (κ2) is 11.5. The maximum atomic E-state index is 12.0. The van der Waals surface area contributed by atoms with E-state index in [2.05, 4.69) is 5.32 Å². The zero-order valence-corrected chi connectivity index (χ0v) is 16.8. The Morgan fingerprint density at radius 3 is 2.50 bits per heavy atom. The molecule has 0 saturated heterocycles. The van der Waals surface area contributed by atoms with E-state index < -0.39 is 17.4 Å². The third-order valence-corrected chi connectivity index (χ3v) is 4.39. The fourth-order valence-corrected chi connectivity index (χ4v) is 2.37. The number of nitrogens with one attached hydrogen (secondary N) is 1. The lowest BCUT2D eigenvalue weighted by Gasteiger charge is -2.28. The smallest absolute Gasteiger partial charge is 0.249 e. The molecule has 1 rings (SSSR count). The molecule has 0 radical (unpaired) electrons. The number of carbonyl (C=O) groups excluding carboxylic acids is 2. The van der Waals surface area contributed by atoms with Gasteiger partial charge in [-0.15, -0.1) is 11.6 Å². The summed E-state index contributed by atoms with van der Waals surface area (Å²) in [5.74, 6) is -0.563. The highest BCUT2D eigenvalue weighted by Crippen LogP contribution is 2.19. The first-order valence-corrected chi connectivity index (χ1v) is 9.32. The van der Waals surface area contributed by atoms with Gasteiger partial charge in [0.25, 0.3) is 0 Å². The van der Waals surface area contributed by atoms with Crippen LogP contribution in [0.15, 0.2) is 24.3 Å². The summed E-state index contributed by atoms with van der Waals surface area (Å²) in [5.41, 5.74) is -0.446. The molecular formula is C19H26ClN3O5.